The van der Waals surface area contributed by atoms with Gasteiger partial charge in [0.25, 0.3) is 0 Å². The normalized spacial score (nSPS) is 19.7. The van der Waals surface area contributed by atoms with E-state index in [-0.39, 0.29) is 0 Å². The molecule has 0 amide bonds. The van der Waals surface area contributed by atoms with Gasteiger partial charge in [-0.25, -0.2) is 0 Å². The molecule has 1 fully saturated rings. The van der Waals surface area contributed by atoms with Crippen molar-refractivity contribution in [1.82, 2.24) is 24.6 Å². The van der Waals surface area contributed by atoms with Crippen LogP contribution in [0.1, 0.15) is 11.3 Å². The number of fused-ring (bicyclic) bond motifs is 1. The third-order valence-electron chi connectivity index (χ3n) is 5.36. The van der Waals surface area contributed by atoms with Gasteiger partial charge >= 0.3 is 0 Å². The molecule has 4 rings (SSSR count). The van der Waals surface area contributed by atoms with Gasteiger partial charge in [-0.1, -0.05) is 18.2 Å². The van der Waals surface area contributed by atoms with Crippen molar-refractivity contribution in [3.8, 4) is 0 Å². The highest BCUT2D eigenvalue weighted by Gasteiger charge is 2.22. The maximum absolute atomic E-state index is 4.64. The second-order valence-electron chi connectivity index (χ2n) is 7.55. The number of pyridine rings is 1. The van der Waals surface area contributed by atoms with Crippen LogP contribution in [-0.2, 0) is 20.0 Å². The van der Waals surface area contributed by atoms with E-state index in [4.69, 9.17) is 0 Å². The van der Waals surface area contributed by atoms with E-state index in [0.29, 0.717) is 5.92 Å². The lowest BCUT2D eigenvalue weighted by Crippen LogP contribution is -2.31. The Kier molecular flexibility index (Phi) is 5.00. The number of benzene rings is 1. The summed E-state index contributed by atoms with van der Waals surface area (Å²) in [5.41, 5.74) is 3.69. The minimum absolute atomic E-state index is 0.610. The van der Waals surface area contributed by atoms with Crippen LogP contribution < -0.4 is 0 Å². The van der Waals surface area contributed by atoms with Crippen molar-refractivity contribution < 1.29 is 0 Å². The van der Waals surface area contributed by atoms with Crippen LogP contribution >= 0.6 is 0 Å². The summed E-state index contributed by atoms with van der Waals surface area (Å²) >= 11 is 0. The Morgan fingerprint density at radius 2 is 1.96 bits per heavy atom. The minimum atomic E-state index is 0.610. The molecule has 3 aromatic rings. The molecule has 0 bridgehead atoms. The first-order valence-corrected chi connectivity index (χ1v) is 9.39. The topological polar surface area (TPSA) is 37.2 Å². The van der Waals surface area contributed by atoms with Crippen molar-refractivity contribution >= 4 is 10.9 Å². The van der Waals surface area contributed by atoms with Crippen molar-refractivity contribution in [2.24, 2.45) is 13.0 Å². The van der Waals surface area contributed by atoms with Crippen LogP contribution in [0.4, 0.5) is 0 Å². The molecule has 0 saturated carbocycles. The molecule has 0 spiro atoms. The molecule has 1 aliphatic rings. The van der Waals surface area contributed by atoms with Gasteiger partial charge in [0.2, 0.25) is 0 Å². The highest BCUT2D eigenvalue weighted by atomic mass is 15.3. The van der Waals surface area contributed by atoms with E-state index in [1.807, 2.05) is 24.0 Å². The summed E-state index contributed by atoms with van der Waals surface area (Å²) in [7, 11) is 4.26. The monoisotopic (exact) mass is 349 g/mol. The maximum Gasteiger partial charge on any atom is 0.0702 e. The van der Waals surface area contributed by atoms with E-state index < -0.39 is 0 Å². The summed E-state index contributed by atoms with van der Waals surface area (Å²) in [5, 5.41) is 5.54. The molecular formula is C21H27N5. The first-order chi connectivity index (χ1) is 12.7. The number of aromatic nitrogens is 3. The Morgan fingerprint density at radius 3 is 2.81 bits per heavy atom. The fourth-order valence-electron chi connectivity index (χ4n) is 3.98. The summed E-state index contributed by atoms with van der Waals surface area (Å²) in [6.07, 6.45) is 5.01. The zero-order valence-electron chi connectivity index (χ0n) is 15.7. The van der Waals surface area contributed by atoms with E-state index >= 15 is 0 Å². The van der Waals surface area contributed by atoms with Gasteiger partial charge in [-0.05, 0) is 43.1 Å². The van der Waals surface area contributed by atoms with Gasteiger partial charge in [-0.2, -0.15) is 5.10 Å². The van der Waals surface area contributed by atoms with Gasteiger partial charge in [-0.3, -0.25) is 14.6 Å². The van der Waals surface area contributed by atoms with Crippen LogP contribution in [0.3, 0.4) is 0 Å². The number of aryl methyl sites for hydroxylation is 1. The van der Waals surface area contributed by atoms with Crippen molar-refractivity contribution in [3.05, 3.63) is 60.0 Å². The SMILES string of the molecule is CN1CCN(Cc2ccnn2C)C[C@H](Cc2cnc3ccccc3c2)C1. The summed E-state index contributed by atoms with van der Waals surface area (Å²) < 4.78 is 1.98. The molecule has 0 unspecified atom stereocenters. The minimum Gasteiger partial charge on any atom is -0.305 e. The predicted molar refractivity (Wildman–Crippen MR) is 105 cm³/mol. The summed E-state index contributed by atoms with van der Waals surface area (Å²) in [6, 6.07) is 12.8. The van der Waals surface area contributed by atoms with E-state index in [1.165, 1.54) is 16.6 Å². The fraction of sp³-hybridized carbons (Fsp3) is 0.429. The highest BCUT2D eigenvalue weighted by Crippen LogP contribution is 2.19. The molecule has 0 radical (unpaired) electrons. The lowest BCUT2D eigenvalue weighted by molar-refractivity contribution is 0.243. The molecule has 2 aromatic heterocycles. The average molecular weight is 349 g/mol. The van der Waals surface area contributed by atoms with Gasteiger partial charge in [0, 0.05) is 57.6 Å². The van der Waals surface area contributed by atoms with Gasteiger partial charge in [-0.15, -0.1) is 0 Å². The molecule has 1 atom stereocenters. The number of rotatable bonds is 4. The number of hydrogen-bond donors (Lipinski definition) is 0. The molecule has 3 heterocycles. The van der Waals surface area contributed by atoms with E-state index in [1.54, 1.807) is 0 Å². The van der Waals surface area contributed by atoms with Crippen LogP contribution in [0.15, 0.2) is 48.8 Å². The number of nitrogens with zero attached hydrogens (tertiary/aromatic N) is 5. The van der Waals surface area contributed by atoms with E-state index in [9.17, 15) is 0 Å². The third-order valence-corrected chi connectivity index (χ3v) is 5.36. The molecule has 5 heteroatoms. The Hall–Kier alpha value is -2.24. The first kappa shape index (κ1) is 17.2. The molecular weight excluding hydrogens is 322 g/mol. The third kappa shape index (κ3) is 3.94. The average Bonchev–Trinajstić information content (AvgIpc) is 2.95. The molecule has 26 heavy (non-hydrogen) atoms. The van der Waals surface area contributed by atoms with Crippen LogP contribution in [0.5, 0.6) is 0 Å². The quantitative estimate of drug-likeness (QED) is 0.725. The van der Waals surface area contributed by atoms with E-state index in [0.717, 1.165) is 44.7 Å². The zero-order chi connectivity index (χ0) is 17.9. The lowest BCUT2D eigenvalue weighted by atomic mass is 9.98. The van der Waals surface area contributed by atoms with Crippen LogP contribution in [0.25, 0.3) is 10.9 Å². The molecule has 1 aromatic carbocycles. The summed E-state index contributed by atoms with van der Waals surface area (Å²) in [6.45, 7) is 5.44. The molecule has 5 nitrogen and oxygen atoms in total. The Morgan fingerprint density at radius 1 is 1.08 bits per heavy atom. The van der Waals surface area contributed by atoms with Crippen LogP contribution in [0.2, 0.25) is 0 Å². The van der Waals surface area contributed by atoms with Crippen molar-refractivity contribution in [2.45, 2.75) is 13.0 Å². The van der Waals surface area contributed by atoms with Crippen molar-refractivity contribution in [1.29, 1.82) is 0 Å². The number of para-hydroxylation sites is 1. The van der Waals surface area contributed by atoms with Gasteiger partial charge in [0.05, 0.1) is 11.2 Å². The largest absolute Gasteiger partial charge is 0.305 e. The fourth-order valence-corrected chi connectivity index (χ4v) is 3.98. The van der Waals surface area contributed by atoms with Crippen molar-refractivity contribution in [3.63, 3.8) is 0 Å². The first-order valence-electron chi connectivity index (χ1n) is 9.39. The molecule has 1 saturated heterocycles. The molecule has 0 aliphatic carbocycles. The van der Waals surface area contributed by atoms with Gasteiger partial charge in [0.1, 0.15) is 0 Å². The molecule has 136 valence electrons. The summed E-state index contributed by atoms with van der Waals surface area (Å²) in [4.78, 5) is 9.67. The summed E-state index contributed by atoms with van der Waals surface area (Å²) in [5.74, 6) is 0.610. The Labute approximate surface area is 155 Å². The van der Waals surface area contributed by atoms with Crippen LogP contribution in [-0.4, -0.2) is 57.8 Å². The predicted octanol–water partition coefficient (Wildman–Crippen LogP) is 2.57. The molecule has 1 aliphatic heterocycles. The standard InChI is InChI=1S/C21H27N5/c1-24-9-10-26(16-20-7-8-23-25(20)2)15-18(14-24)11-17-12-19-5-3-4-6-21(19)22-13-17/h3-8,12-13,18H,9-11,14-16H2,1-2H3/t18-/m1/s1. The second-order valence-corrected chi connectivity index (χ2v) is 7.55. The molecule has 0 N–H and O–H groups in total. The maximum atomic E-state index is 4.64. The second kappa shape index (κ2) is 7.56. The van der Waals surface area contributed by atoms with Gasteiger partial charge in [0.15, 0.2) is 0 Å². The van der Waals surface area contributed by atoms with Crippen LogP contribution in [0, 0.1) is 5.92 Å². The van der Waals surface area contributed by atoms with Crippen molar-refractivity contribution in [2.75, 3.05) is 33.2 Å². The lowest BCUT2D eigenvalue weighted by Gasteiger charge is -2.24. The smallest absolute Gasteiger partial charge is 0.0702 e. The highest BCUT2D eigenvalue weighted by molar-refractivity contribution is 5.78. The Bertz CT molecular complexity index is 871. The number of hydrogen-bond acceptors (Lipinski definition) is 4. The number of likely N-dealkylation sites (N-methyl/N-ethyl adjacent to an activating group) is 1. The zero-order valence-corrected chi connectivity index (χ0v) is 15.7. The Balaban J connectivity index is 1.48. The van der Waals surface area contributed by atoms with E-state index in [2.05, 4.69) is 63.5 Å². The van der Waals surface area contributed by atoms with Gasteiger partial charge < -0.3 is 4.90 Å².